The van der Waals surface area contributed by atoms with Gasteiger partial charge in [0.25, 0.3) is 0 Å². The monoisotopic (exact) mass is 313 g/mol. The Balaban J connectivity index is 4.17. The predicted molar refractivity (Wildman–Crippen MR) is 89.6 cm³/mol. The number of hydrogen-bond acceptors (Lipinski definition) is 5. The van der Waals surface area contributed by atoms with Gasteiger partial charge in [-0.2, -0.15) is 0 Å². The summed E-state index contributed by atoms with van der Waals surface area (Å²) in [5.41, 5.74) is 0.757. The van der Waals surface area contributed by atoms with E-state index in [-0.39, 0.29) is 18.5 Å². The van der Waals surface area contributed by atoms with Crippen molar-refractivity contribution in [2.45, 2.75) is 25.5 Å². The minimum absolute atomic E-state index is 0.230. The average molecular weight is 313 g/mol. The molecular weight excluding hydrogens is 282 g/mol. The van der Waals surface area contributed by atoms with Gasteiger partial charge in [0.1, 0.15) is 0 Å². The summed E-state index contributed by atoms with van der Waals surface area (Å²) >= 11 is 0. The van der Waals surface area contributed by atoms with Gasteiger partial charge in [-0.05, 0) is 33.5 Å². The number of likely N-dealkylation sites (N-methyl/N-ethyl adjacent to an activating group) is 2. The zero-order valence-corrected chi connectivity index (χ0v) is 14.5. The van der Waals surface area contributed by atoms with E-state index in [4.69, 9.17) is 4.74 Å². The molecule has 0 fully saturated rings. The molecule has 0 aliphatic carbocycles. The first-order valence-electron chi connectivity index (χ1n) is 7.47. The van der Waals surface area contributed by atoms with Gasteiger partial charge in [-0.3, -0.25) is 4.79 Å². The Hall–Kier alpha value is -1.37. The second-order valence-corrected chi connectivity index (χ2v) is 5.73. The van der Waals surface area contributed by atoms with E-state index in [1.165, 1.54) is 6.08 Å². The number of aliphatic hydroxyl groups excluding tert-OH is 1. The van der Waals surface area contributed by atoms with Gasteiger partial charge < -0.3 is 25.0 Å². The quantitative estimate of drug-likeness (QED) is 0.428. The standard InChI is InChI=1S/C16H31N3O3/c1-13(19(5)14(2)9-10-22-6)7-8-16(21)17-11-15(20)12-18(3)4/h7-8,14-15,20H,1,9-12H2,2-6H3,(H,17,21)/b8-7+. The van der Waals surface area contributed by atoms with Crippen molar-refractivity contribution in [3.8, 4) is 0 Å². The lowest BCUT2D eigenvalue weighted by molar-refractivity contribution is -0.117. The third-order valence-corrected chi connectivity index (χ3v) is 3.37. The van der Waals surface area contributed by atoms with Crippen molar-refractivity contribution in [2.24, 2.45) is 0 Å². The molecule has 2 unspecified atom stereocenters. The molecule has 0 rings (SSSR count). The van der Waals surface area contributed by atoms with Crippen LogP contribution in [0.1, 0.15) is 13.3 Å². The summed E-state index contributed by atoms with van der Waals surface area (Å²) in [4.78, 5) is 15.6. The summed E-state index contributed by atoms with van der Waals surface area (Å²) < 4.78 is 5.06. The van der Waals surface area contributed by atoms with Crippen LogP contribution in [0, 0.1) is 0 Å². The number of amides is 1. The highest BCUT2D eigenvalue weighted by atomic mass is 16.5. The topological polar surface area (TPSA) is 65.0 Å². The van der Waals surface area contributed by atoms with Crippen molar-refractivity contribution >= 4 is 5.91 Å². The Morgan fingerprint density at radius 3 is 2.55 bits per heavy atom. The summed E-state index contributed by atoms with van der Waals surface area (Å²) in [7, 11) is 7.35. The van der Waals surface area contributed by atoms with Crippen LogP contribution in [0.25, 0.3) is 0 Å². The van der Waals surface area contributed by atoms with Crippen LogP contribution in [-0.4, -0.2) is 80.9 Å². The number of aliphatic hydroxyl groups is 1. The molecule has 6 nitrogen and oxygen atoms in total. The Kier molecular flexibility index (Phi) is 10.5. The van der Waals surface area contributed by atoms with Crippen LogP contribution in [-0.2, 0) is 9.53 Å². The summed E-state index contributed by atoms with van der Waals surface area (Å²) in [6, 6.07) is 0.280. The van der Waals surface area contributed by atoms with Gasteiger partial charge in [0.05, 0.1) is 6.10 Å². The third-order valence-electron chi connectivity index (χ3n) is 3.37. The molecule has 0 heterocycles. The van der Waals surface area contributed by atoms with Crippen molar-refractivity contribution in [1.29, 1.82) is 0 Å². The Morgan fingerprint density at radius 1 is 1.36 bits per heavy atom. The van der Waals surface area contributed by atoms with Crippen molar-refractivity contribution in [2.75, 3.05) is 47.9 Å². The number of hydrogen-bond donors (Lipinski definition) is 2. The van der Waals surface area contributed by atoms with E-state index in [9.17, 15) is 9.90 Å². The smallest absolute Gasteiger partial charge is 0.244 e. The SMILES string of the molecule is C=C(/C=C/C(=O)NCC(O)CN(C)C)N(C)C(C)CCOC. The van der Waals surface area contributed by atoms with Gasteiger partial charge in [0.2, 0.25) is 5.91 Å². The van der Waals surface area contributed by atoms with E-state index in [2.05, 4.69) is 18.8 Å². The van der Waals surface area contributed by atoms with Gasteiger partial charge in [-0.1, -0.05) is 6.58 Å². The number of methoxy groups -OCH3 is 1. The molecule has 22 heavy (non-hydrogen) atoms. The molecule has 1 amide bonds. The van der Waals surface area contributed by atoms with Crippen LogP contribution in [0.5, 0.6) is 0 Å². The zero-order chi connectivity index (χ0) is 17.1. The zero-order valence-electron chi connectivity index (χ0n) is 14.5. The maximum atomic E-state index is 11.7. The highest BCUT2D eigenvalue weighted by molar-refractivity contribution is 5.87. The van der Waals surface area contributed by atoms with Crippen LogP contribution >= 0.6 is 0 Å². The van der Waals surface area contributed by atoms with E-state index >= 15 is 0 Å². The van der Waals surface area contributed by atoms with Crippen molar-refractivity contribution in [3.63, 3.8) is 0 Å². The highest BCUT2D eigenvalue weighted by Gasteiger charge is 2.10. The summed E-state index contributed by atoms with van der Waals surface area (Å²) in [5, 5.41) is 12.3. The molecule has 0 saturated carbocycles. The van der Waals surface area contributed by atoms with Gasteiger partial charge in [-0.15, -0.1) is 0 Å². The van der Waals surface area contributed by atoms with Gasteiger partial charge in [-0.25, -0.2) is 0 Å². The largest absolute Gasteiger partial charge is 0.390 e. The molecule has 0 aromatic heterocycles. The first-order chi connectivity index (χ1) is 10.3. The predicted octanol–water partition coefficient (Wildman–Crippen LogP) is 0.452. The van der Waals surface area contributed by atoms with Crippen LogP contribution in [0.3, 0.4) is 0 Å². The molecule has 0 aliphatic heterocycles. The second-order valence-electron chi connectivity index (χ2n) is 5.73. The maximum Gasteiger partial charge on any atom is 0.244 e. The summed E-state index contributed by atoms with van der Waals surface area (Å²) in [5.74, 6) is -0.239. The molecule has 0 spiro atoms. The fourth-order valence-corrected chi connectivity index (χ4v) is 1.82. The van der Waals surface area contributed by atoms with Gasteiger partial charge in [0.15, 0.2) is 0 Å². The Labute approximate surface area is 134 Å². The van der Waals surface area contributed by atoms with Crippen molar-refractivity contribution < 1.29 is 14.6 Å². The summed E-state index contributed by atoms with van der Waals surface area (Å²) in [6.45, 7) is 7.46. The molecule has 0 aromatic carbocycles. The Morgan fingerprint density at radius 2 is 2.00 bits per heavy atom. The number of ether oxygens (including phenoxy) is 1. The third kappa shape index (κ3) is 9.55. The van der Waals surface area contributed by atoms with Gasteiger partial charge in [0, 0.05) is 51.7 Å². The van der Waals surface area contributed by atoms with Crippen LogP contribution < -0.4 is 5.32 Å². The fraction of sp³-hybridized carbons (Fsp3) is 0.688. The number of rotatable bonds is 11. The summed E-state index contributed by atoms with van der Waals surface area (Å²) in [6.07, 6.45) is 3.43. The lowest BCUT2D eigenvalue weighted by atomic mass is 10.2. The molecule has 0 saturated heterocycles. The number of nitrogens with one attached hydrogen (secondary N) is 1. The molecule has 2 N–H and O–H groups in total. The van der Waals surface area contributed by atoms with E-state index in [1.54, 1.807) is 13.2 Å². The molecule has 128 valence electrons. The first-order valence-corrected chi connectivity index (χ1v) is 7.47. The number of nitrogens with zero attached hydrogens (tertiary/aromatic N) is 2. The molecular formula is C16H31N3O3. The van der Waals surface area contributed by atoms with Crippen molar-refractivity contribution in [1.82, 2.24) is 15.1 Å². The number of carbonyl (C=O) groups is 1. The second kappa shape index (κ2) is 11.2. The number of carbonyl (C=O) groups excluding carboxylic acids is 1. The minimum atomic E-state index is -0.577. The Bertz CT molecular complexity index is 370. The molecule has 0 aromatic rings. The van der Waals surface area contributed by atoms with E-state index < -0.39 is 6.10 Å². The normalized spacial score (nSPS) is 14.1. The molecule has 6 heteroatoms. The van der Waals surface area contributed by atoms with Crippen LogP contribution in [0.4, 0.5) is 0 Å². The molecule has 2 atom stereocenters. The molecule has 0 bridgehead atoms. The fourth-order valence-electron chi connectivity index (χ4n) is 1.82. The van der Waals surface area contributed by atoms with E-state index in [1.807, 2.05) is 30.9 Å². The molecule has 0 aliphatic rings. The average Bonchev–Trinajstić information content (AvgIpc) is 2.46. The van der Waals surface area contributed by atoms with Crippen molar-refractivity contribution in [3.05, 3.63) is 24.4 Å². The highest BCUT2D eigenvalue weighted by Crippen LogP contribution is 2.09. The lowest BCUT2D eigenvalue weighted by Crippen LogP contribution is -2.37. The van der Waals surface area contributed by atoms with Crippen LogP contribution in [0.2, 0.25) is 0 Å². The van der Waals surface area contributed by atoms with Gasteiger partial charge >= 0.3 is 0 Å². The maximum absolute atomic E-state index is 11.7. The van der Waals surface area contributed by atoms with E-state index in [0.717, 1.165) is 12.1 Å². The minimum Gasteiger partial charge on any atom is -0.390 e. The molecule has 0 radical (unpaired) electrons. The number of allylic oxidation sites excluding steroid dienone is 1. The first kappa shape index (κ1) is 20.6. The van der Waals surface area contributed by atoms with Crippen LogP contribution in [0.15, 0.2) is 24.4 Å². The van der Waals surface area contributed by atoms with E-state index in [0.29, 0.717) is 13.2 Å². The lowest BCUT2D eigenvalue weighted by Gasteiger charge is -2.27.